The van der Waals surface area contributed by atoms with Crippen LogP contribution in [-0.4, -0.2) is 29.8 Å². The Morgan fingerprint density at radius 3 is 2.17 bits per heavy atom. The summed E-state index contributed by atoms with van der Waals surface area (Å²) in [5, 5.41) is 3.73. The Kier molecular flexibility index (Phi) is 6.31. The van der Waals surface area contributed by atoms with E-state index in [2.05, 4.69) is 19.2 Å². The molecular formula is C17H22Cl2N2O2. The Bertz CT molecular complexity index is 566. The van der Waals surface area contributed by atoms with Gasteiger partial charge in [-0.25, -0.2) is 0 Å². The molecule has 1 fully saturated rings. The van der Waals surface area contributed by atoms with Crippen molar-refractivity contribution in [2.75, 3.05) is 18.4 Å². The lowest BCUT2D eigenvalue weighted by atomic mass is 10.2. The summed E-state index contributed by atoms with van der Waals surface area (Å²) in [4.78, 5) is 26.6. The predicted octanol–water partition coefficient (Wildman–Crippen LogP) is 4.22. The third-order valence-corrected chi connectivity index (χ3v) is 4.31. The first-order valence-corrected chi connectivity index (χ1v) is 8.77. The number of nitrogens with one attached hydrogen (secondary N) is 1. The Balaban J connectivity index is 1.94. The van der Waals surface area contributed by atoms with E-state index in [1.165, 1.54) is 0 Å². The van der Waals surface area contributed by atoms with Crippen LogP contribution in [0.5, 0.6) is 0 Å². The second kappa shape index (κ2) is 8.02. The van der Waals surface area contributed by atoms with Crippen molar-refractivity contribution in [3.8, 4) is 0 Å². The molecule has 126 valence electrons. The highest BCUT2D eigenvalue weighted by molar-refractivity contribution is 6.35. The van der Waals surface area contributed by atoms with Gasteiger partial charge in [0.05, 0.1) is 11.8 Å². The number of hydrogen-bond donors (Lipinski definition) is 1. The topological polar surface area (TPSA) is 49.4 Å². The van der Waals surface area contributed by atoms with Crippen LogP contribution in [0.1, 0.15) is 33.1 Å². The predicted molar refractivity (Wildman–Crippen MR) is 93.9 cm³/mol. The van der Waals surface area contributed by atoms with Gasteiger partial charge in [-0.15, -0.1) is 0 Å². The van der Waals surface area contributed by atoms with Gasteiger partial charge < -0.3 is 10.2 Å². The SMILES string of the molecule is CCCN(CCC)C(=O)C1CC1C(=O)Nc1cc(Cl)cc(Cl)c1. The quantitative estimate of drug-likeness (QED) is 0.794. The highest BCUT2D eigenvalue weighted by Gasteiger charge is 2.49. The van der Waals surface area contributed by atoms with Crippen LogP contribution in [0.25, 0.3) is 0 Å². The van der Waals surface area contributed by atoms with Crippen molar-refractivity contribution < 1.29 is 9.59 Å². The first-order valence-electron chi connectivity index (χ1n) is 8.02. The lowest BCUT2D eigenvalue weighted by Crippen LogP contribution is -2.34. The van der Waals surface area contributed by atoms with Gasteiger partial charge in [0.25, 0.3) is 0 Å². The molecule has 0 aliphatic heterocycles. The number of hydrogen-bond acceptors (Lipinski definition) is 2. The first-order chi connectivity index (χ1) is 11.0. The van der Waals surface area contributed by atoms with E-state index in [9.17, 15) is 9.59 Å². The molecule has 6 heteroatoms. The van der Waals surface area contributed by atoms with Crippen molar-refractivity contribution in [2.24, 2.45) is 11.8 Å². The van der Waals surface area contributed by atoms with Crippen LogP contribution in [0.3, 0.4) is 0 Å². The van der Waals surface area contributed by atoms with Crippen molar-refractivity contribution in [3.05, 3.63) is 28.2 Å². The molecule has 1 aromatic carbocycles. The molecular weight excluding hydrogens is 335 g/mol. The van der Waals surface area contributed by atoms with Crippen molar-refractivity contribution in [1.82, 2.24) is 4.90 Å². The lowest BCUT2D eigenvalue weighted by Gasteiger charge is -2.21. The minimum absolute atomic E-state index is 0.0953. The summed E-state index contributed by atoms with van der Waals surface area (Å²) in [5.41, 5.74) is 0.560. The first kappa shape index (κ1) is 18.1. The molecule has 2 atom stereocenters. The molecule has 0 bridgehead atoms. The molecule has 1 aromatic rings. The zero-order chi connectivity index (χ0) is 17.0. The number of halogens is 2. The van der Waals surface area contributed by atoms with Crippen LogP contribution in [0.4, 0.5) is 5.69 Å². The third kappa shape index (κ3) is 4.85. The molecule has 1 aliphatic carbocycles. The van der Waals surface area contributed by atoms with Gasteiger partial charge in [0.2, 0.25) is 11.8 Å². The molecule has 1 N–H and O–H groups in total. The molecule has 0 saturated heterocycles. The van der Waals surface area contributed by atoms with Crippen molar-refractivity contribution >= 4 is 40.7 Å². The number of carbonyl (C=O) groups is 2. The summed E-state index contributed by atoms with van der Waals surface area (Å²) < 4.78 is 0. The fraction of sp³-hybridized carbons (Fsp3) is 0.529. The Morgan fingerprint density at radius 2 is 1.65 bits per heavy atom. The minimum atomic E-state index is -0.253. The molecule has 2 amide bonds. The summed E-state index contributed by atoms with van der Waals surface area (Å²) in [5.74, 6) is -0.494. The van der Waals surface area contributed by atoms with Crippen LogP contribution < -0.4 is 5.32 Å². The molecule has 23 heavy (non-hydrogen) atoms. The maximum atomic E-state index is 12.5. The molecule has 0 aromatic heterocycles. The molecule has 0 radical (unpaired) electrons. The monoisotopic (exact) mass is 356 g/mol. The van der Waals surface area contributed by atoms with E-state index in [0.29, 0.717) is 22.2 Å². The number of benzene rings is 1. The smallest absolute Gasteiger partial charge is 0.228 e. The van der Waals surface area contributed by atoms with Crippen LogP contribution in [0.15, 0.2) is 18.2 Å². The van der Waals surface area contributed by atoms with Gasteiger partial charge in [0.15, 0.2) is 0 Å². The zero-order valence-electron chi connectivity index (χ0n) is 13.4. The molecule has 0 heterocycles. The fourth-order valence-corrected chi connectivity index (χ4v) is 3.25. The van der Waals surface area contributed by atoms with E-state index in [1.54, 1.807) is 18.2 Å². The van der Waals surface area contributed by atoms with E-state index in [4.69, 9.17) is 23.2 Å². The van der Waals surface area contributed by atoms with E-state index in [-0.39, 0.29) is 23.7 Å². The standard InChI is InChI=1S/C17H22Cl2N2O2/c1-3-5-21(6-4-2)17(23)15-10-14(15)16(22)20-13-8-11(18)7-12(19)9-13/h7-9,14-15H,3-6,10H2,1-2H3,(H,20,22). The van der Waals surface area contributed by atoms with Gasteiger partial charge in [-0.2, -0.15) is 0 Å². The Hall–Kier alpha value is -1.26. The van der Waals surface area contributed by atoms with Crippen LogP contribution in [0, 0.1) is 11.8 Å². The zero-order valence-corrected chi connectivity index (χ0v) is 15.0. The maximum Gasteiger partial charge on any atom is 0.228 e. The summed E-state index contributed by atoms with van der Waals surface area (Å²) in [7, 11) is 0. The van der Waals surface area contributed by atoms with Crippen LogP contribution in [-0.2, 0) is 9.59 Å². The van der Waals surface area contributed by atoms with Gasteiger partial charge in [-0.3, -0.25) is 9.59 Å². The summed E-state index contributed by atoms with van der Waals surface area (Å²) in [6.45, 7) is 5.61. The molecule has 2 unspecified atom stereocenters. The highest BCUT2D eigenvalue weighted by Crippen LogP contribution is 2.41. The van der Waals surface area contributed by atoms with Gasteiger partial charge in [0.1, 0.15) is 0 Å². The second-order valence-corrected chi connectivity index (χ2v) is 6.79. The number of anilines is 1. The molecule has 2 rings (SSSR count). The van der Waals surface area contributed by atoms with Gasteiger partial charge >= 0.3 is 0 Å². The average Bonchev–Trinajstić information content (AvgIpc) is 3.25. The van der Waals surface area contributed by atoms with Crippen molar-refractivity contribution in [2.45, 2.75) is 33.1 Å². The highest BCUT2D eigenvalue weighted by atomic mass is 35.5. The second-order valence-electron chi connectivity index (χ2n) is 5.92. The Morgan fingerprint density at radius 1 is 1.09 bits per heavy atom. The number of nitrogens with zero attached hydrogens (tertiary/aromatic N) is 1. The molecule has 1 aliphatic rings. The molecule has 1 saturated carbocycles. The van der Waals surface area contributed by atoms with Gasteiger partial charge in [-0.05, 0) is 37.5 Å². The van der Waals surface area contributed by atoms with Crippen molar-refractivity contribution in [1.29, 1.82) is 0 Å². The van der Waals surface area contributed by atoms with Crippen LogP contribution in [0.2, 0.25) is 10.0 Å². The van der Waals surface area contributed by atoms with Gasteiger partial charge in [0, 0.05) is 28.8 Å². The summed E-state index contributed by atoms with van der Waals surface area (Å²) >= 11 is 11.8. The van der Waals surface area contributed by atoms with E-state index < -0.39 is 0 Å². The van der Waals surface area contributed by atoms with E-state index >= 15 is 0 Å². The Labute approximate surface area is 147 Å². The average molecular weight is 357 g/mol. The van der Waals surface area contributed by atoms with Gasteiger partial charge in [-0.1, -0.05) is 37.0 Å². The maximum absolute atomic E-state index is 12.5. The summed E-state index contributed by atoms with van der Waals surface area (Å²) in [6.07, 6.45) is 2.47. The van der Waals surface area contributed by atoms with E-state index in [1.807, 2.05) is 4.90 Å². The fourth-order valence-electron chi connectivity index (χ4n) is 2.73. The van der Waals surface area contributed by atoms with Crippen LogP contribution >= 0.6 is 23.2 Å². The normalized spacial score (nSPS) is 19.3. The largest absolute Gasteiger partial charge is 0.342 e. The number of rotatable bonds is 7. The molecule has 4 nitrogen and oxygen atoms in total. The summed E-state index contributed by atoms with van der Waals surface area (Å²) in [6, 6.07) is 4.89. The number of amides is 2. The third-order valence-electron chi connectivity index (χ3n) is 3.87. The number of carbonyl (C=O) groups excluding carboxylic acids is 2. The lowest BCUT2D eigenvalue weighted by molar-refractivity contribution is -0.134. The molecule has 0 spiro atoms. The minimum Gasteiger partial charge on any atom is -0.342 e. The van der Waals surface area contributed by atoms with Crippen molar-refractivity contribution in [3.63, 3.8) is 0 Å². The van der Waals surface area contributed by atoms with E-state index in [0.717, 1.165) is 25.9 Å².